The molecule has 0 radical (unpaired) electrons. The summed E-state index contributed by atoms with van der Waals surface area (Å²) in [6.07, 6.45) is 2.54. The molecule has 2 atom stereocenters. The molecule has 1 aromatic rings. The maximum atomic E-state index is 10.1. The Labute approximate surface area is 111 Å². The van der Waals surface area contributed by atoms with Crippen LogP contribution in [0.3, 0.4) is 0 Å². The number of hydrogen-bond acceptors (Lipinski definition) is 2. The zero-order valence-electron chi connectivity index (χ0n) is 12.0. The number of nitrogens with zero attached hydrogens (tertiary/aromatic N) is 1. The second-order valence-electron chi connectivity index (χ2n) is 6.01. The minimum absolute atomic E-state index is 0.448. The number of benzene rings is 1. The number of piperidine rings is 1. The molecule has 2 unspecified atom stereocenters. The molecular formula is C16H25NO. The minimum Gasteiger partial charge on any atom is -0.508 e. The highest BCUT2D eigenvalue weighted by Crippen LogP contribution is 2.28. The highest BCUT2D eigenvalue weighted by molar-refractivity contribution is 5.40. The number of rotatable bonds is 2. The number of likely N-dealkylation sites (tertiary alicyclic amines) is 1. The van der Waals surface area contributed by atoms with E-state index in [2.05, 4.69) is 31.7 Å². The summed E-state index contributed by atoms with van der Waals surface area (Å²) in [5.74, 6) is 1.29. The average Bonchev–Trinajstić information content (AvgIpc) is 2.29. The molecule has 1 aliphatic rings. The lowest BCUT2D eigenvalue weighted by atomic mass is 9.93. The van der Waals surface area contributed by atoms with Crippen LogP contribution in [0.25, 0.3) is 0 Å². The van der Waals surface area contributed by atoms with Gasteiger partial charge in [0.05, 0.1) is 0 Å². The molecule has 0 aromatic heterocycles. The van der Waals surface area contributed by atoms with E-state index >= 15 is 0 Å². The predicted molar refractivity (Wildman–Crippen MR) is 75.9 cm³/mol. The number of phenols is 1. The third-order valence-corrected chi connectivity index (χ3v) is 4.34. The first kappa shape index (κ1) is 13.4. The molecule has 0 saturated carbocycles. The summed E-state index contributed by atoms with van der Waals surface area (Å²) in [6.45, 7) is 10.8. The van der Waals surface area contributed by atoms with E-state index in [0.29, 0.717) is 11.8 Å². The van der Waals surface area contributed by atoms with Crippen LogP contribution in [0.1, 0.15) is 43.4 Å². The number of hydrogen-bond donors (Lipinski definition) is 1. The van der Waals surface area contributed by atoms with Gasteiger partial charge in [-0.25, -0.2) is 0 Å². The van der Waals surface area contributed by atoms with E-state index < -0.39 is 0 Å². The SMILES string of the molecule is Cc1cc(O)c(CN2CCC(C)CC2C)cc1C. The van der Waals surface area contributed by atoms with Gasteiger partial charge in [-0.2, -0.15) is 0 Å². The fourth-order valence-electron chi connectivity index (χ4n) is 2.90. The molecule has 1 aromatic carbocycles. The molecule has 0 amide bonds. The Morgan fingerprint density at radius 3 is 2.56 bits per heavy atom. The summed E-state index contributed by atoms with van der Waals surface area (Å²) in [5, 5.41) is 10.1. The molecule has 2 heteroatoms. The molecule has 2 rings (SSSR count). The van der Waals surface area contributed by atoms with Crippen molar-refractivity contribution in [3.63, 3.8) is 0 Å². The van der Waals surface area contributed by atoms with Gasteiger partial charge < -0.3 is 5.11 Å². The van der Waals surface area contributed by atoms with Crippen LogP contribution in [0.2, 0.25) is 0 Å². The van der Waals surface area contributed by atoms with Crippen LogP contribution in [0.5, 0.6) is 5.75 Å². The fourth-order valence-corrected chi connectivity index (χ4v) is 2.90. The van der Waals surface area contributed by atoms with Crippen molar-refractivity contribution in [1.29, 1.82) is 0 Å². The summed E-state index contributed by atoms with van der Waals surface area (Å²) in [5.41, 5.74) is 3.50. The second-order valence-corrected chi connectivity index (χ2v) is 6.01. The Bertz CT molecular complexity index is 427. The molecule has 1 saturated heterocycles. The smallest absolute Gasteiger partial charge is 0.120 e. The maximum Gasteiger partial charge on any atom is 0.120 e. The van der Waals surface area contributed by atoms with Crippen molar-refractivity contribution in [2.45, 2.75) is 53.1 Å². The van der Waals surface area contributed by atoms with Crippen LogP contribution in [0.4, 0.5) is 0 Å². The Balaban J connectivity index is 2.12. The highest BCUT2D eigenvalue weighted by atomic mass is 16.3. The Morgan fingerprint density at radius 2 is 1.89 bits per heavy atom. The van der Waals surface area contributed by atoms with Gasteiger partial charge in [0, 0.05) is 18.2 Å². The third kappa shape index (κ3) is 2.86. The molecule has 0 aliphatic carbocycles. The van der Waals surface area contributed by atoms with Gasteiger partial charge in [0.2, 0.25) is 0 Å². The minimum atomic E-state index is 0.448. The first-order chi connectivity index (χ1) is 8.47. The summed E-state index contributed by atoms with van der Waals surface area (Å²) in [7, 11) is 0. The Morgan fingerprint density at radius 1 is 1.22 bits per heavy atom. The molecule has 1 N–H and O–H groups in total. The molecule has 0 bridgehead atoms. The largest absolute Gasteiger partial charge is 0.508 e. The third-order valence-electron chi connectivity index (χ3n) is 4.34. The van der Waals surface area contributed by atoms with Crippen LogP contribution in [-0.4, -0.2) is 22.6 Å². The van der Waals surface area contributed by atoms with Crippen molar-refractivity contribution < 1.29 is 5.11 Å². The van der Waals surface area contributed by atoms with E-state index in [1.165, 1.54) is 18.4 Å². The van der Waals surface area contributed by atoms with Gasteiger partial charge >= 0.3 is 0 Å². The van der Waals surface area contributed by atoms with Crippen molar-refractivity contribution in [1.82, 2.24) is 4.90 Å². The van der Waals surface area contributed by atoms with E-state index in [9.17, 15) is 5.11 Å². The molecule has 1 fully saturated rings. The maximum absolute atomic E-state index is 10.1. The molecular weight excluding hydrogens is 222 g/mol. The van der Waals surface area contributed by atoms with E-state index in [4.69, 9.17) is 0 Å². The normalized spacial score (nSPS) is 25.3. The van der Waals surface area contributed by atoms with Crippen molar-refractivity contribution >= 4 is 0 Å². The van der Waals surface area contributed by atoms with Crippen LogP contribution in [0, 0.1) is 19.8 Å². The number of phenolic OH excluding ortho intramolecular Hbond substituents is 1. The lowest BCUT2D eigenvalue weighted by Crippen LogP contribution is -2.39. The summed E-state index contributed by atoms with van der Waals surface area (Å²) in [6, 6.07) is 4.65. The first-order valence-electron chi connectivity index (χ1n) is 7.00. The van der Waals surface area contributed by atoms with Crippen LogP contribution in [-0.2, 0) is 6.54 Å². The van der Waals surface area contributed by atoms with Crippen molar-refractivity contribution in [2.75, 3.05) is 6.54 Å². The molecule has 1 aliphatic heterocycles. The van der Waals surface area contributed by atoms with Gasteiger partial charge in [-0.3, -0.25) is 4.90 Å². The summed E-state index contributed by atoms with van der Waals surface area (Å²) in [4.78, 5) is 2.49. The van der Waals surface area contributed by atoms with E-state index in [-0.39, 0.29) is 0 Å². The monoisotopic (exact) mass is 247 g/mol. The van der Waals surface area contributed by atoms with Crippen molar-refractivity contribution in [3.8, 4) is 5.75 Å². The van der Waals surface area contributed by atoms with Crippen molar-refractivity contribution in [2.24, 2.45) is 5.92 Å². The lowest BCUT2D eigenvalue weighted by Gasteiger charge is -2.36. The zero-order valence-corrected chi connectivity index (χ0v) is 12.0. The van der Waals surface area contributed by atoms with Crippen molar-refractivity contribution in [3.05, 3.63) is 28.8 Å². The molecule has 100 valence electrons. The molecule has 18 heavy (non-hydrogen) atoms. The van der Waals surface area contributed by atoms with Crippen LogP contribution >= 0.6 is 0 Å². The van der Waals surface area contributed by atoms with Gasteiger partial charge in [-0.15, -0.1) is 0 Å². The fraction of sp³-hybridized carbons (Fsp3) is 0.625. The number of aromatic hydroxyl groups is 1. The van der Waals surface area contributed by atoms with E-state index in [0.717, 1.165) is 30.1 Å². The second kappa shape index (κ2) is 5.31. The number of aryl methyl sites for hydroxylation is 2. The first-order valence-corrected chi connectivity index (χ1v) is 7.00. The molecule has 0 spiro atoms. The predicted octanol–water partition coefficient (Wildman–Crippen LogP) is 3.63. The summed E-state index contributed by atoms with van der Waals surface area (Å²) < 4.78 is 0. The lowest BCUT2D eigenvalue weighted by molar-refractivity contribution is 0.121. The highest BCUT2D eigenvalue weighted by Gasteiger charge is 2.23. The van der Waals surface area contributed by atoms with E-state index in [1.54, 1.807) is 0 Å². The van der Waals surface area contributed by atoms with Gasteiger partial charge in [-0.1, -0.05) is 13.0 Å². The Kier molecular flexibility index (Phi) is 3.96. The van der Waals surface area contributed by atoms with Gasteiger partial charge in [0.1, 0.15) is 5.75 Å². The van der Waals surface area contributed by atoms with Crippen LogP contribution < -0.4 is 0 Å². The van der Waals surface area contributed by atoms with Gasteiger partial charge in [0.25, 0.3) is 0 Å². The standard InChI is InChI=1S/C16H25NO/c1-11-5-6-17(14(4)7-11)10-15-8-12(2)13(3)9-16(15)18/h8-9,11,14,18H,5-7,10H2,1-4H3. The average molecular weight is 247 g/mol. The van der Waals surface area contributed by atoms with Gasteiger partial charge in [0.15, 0.2) is 0 Å². The molecule has 1 heterocycles. The quantitative estimate of drug-likeness (QED) is 0.862. The van der Waals surface area contributed by atoms with Gasteiger partial charge in [-0.05, 0) is 63.3 Å². The zero-order chi connectivity index (χ0) is 13.3. The topological polar surface area (TPSA) is 23.5 Å². The van der Waals surface area contributed by atoms with E-state index in [1.807, 2.05) is 13.0 Å². The summed E-state index contributed by atoms with van der Waals surface area (Å²) >= 11 is 0. The molecule has 2 nitrogen and oxygen atoms in total. The Hall–Kier alpha value is -1.02. The van der Waals surface area contributed by atoms with Crippen LogP contribution in [0.15, 0.2) is 12.1 Å².